The van der Waals surface area contributed by atoms with Crippen molar-refractivity contribution < 1.29 is 24.2 Å². The van der Waals surface area contributed by atoms with Gasteiger partial charge < -0.3 is 19.6 Å². The summed E-state index contributed by atoms with van der Waals surface area (Å²) >= 11 is 0. The Bertz CT molecular complexity index is 2210. The van der Waals surface area contributed by atoms with Crippen LogP contribution in [0.1, 0.15) is 52.4 Å². The van der Waals surface area contributed by atoms with Crippen LogP contribution < -0.4 is 9.80 Å². The van der Waals surface area contributed by atoms with Crippen LogP contribution in [0.25, 0.3) is 10.8 Å². The number of fused-ring (bicyclic) bond motifs is 3. The molecule has 3 amide bonds. The molecule has 4 atom stereocenters. The van der Waals surface area contributed by atoms with E-state index in [-0.39, 0.29) is 42.7 Å². The quantitative estimate of drug-likeness (QED) is 0.220. The van der Waals surface area contributed by atoms with Crippen LogP contribution in [0.2, 0.25) is 0 Å². The van der Waals surface area contributed by atoms with Crippen molar-refractivity contribution in [2.45, 2.75) is 57.0 Å². The first kappa shape index (κ1) is 30.7. The molecule has 4 aliphatic rings. The van der Waals surface area contributed by atoms with Crippen molar-refractivity contribution in [3.8, 4) is 0 Å². The summed E-state index contributed by atoms with van der Waals surface area (Å²) in [6.45, 7) is 2.68. The second-order valence-electron chi connectivity index (χ2n) is 14.0. The summed E-state index contributed by atoms with van der Waals surface area (Å²) in [5.41, 5.74) is 5.84. The highest BCUT2D eigenvalue weighted by atomic mass is 16.5. The van der Waals surface area contributed by atoms with Crippen molar-refractivity contribution in [3.63, 3.8) is 0 Å². The fraction of sp³-hybridized carbons (Fsp3) is 0.262. The van der Waals surface area contributed by atoms with Crippen LogP contribution in [0.5, 0.6) is 0 Å². The number of nitrogens with zero attached hydrogens (tertiary/aromatic N) is 3. The van der Waals surface area contributed by atoms with Crippen LogP contribution in [0.15, 0.2) is 109 Å². The lowest BCUT2D eigenvalue weighted by molar-refractivity contribution is -0.151. The Morgan fingerprint density at radius 2 is 1.62 bits per heavy atom. The number of carbonyl (C=O) groups is 3. The summed E-state index contributed by atoms with van der Waals surface area (Å²) in [4.78, 5) is 47.4. The number of hydrogen-bond donors (Lipinski definition) is 1. The van der Waals surface area contributed by atoms with E-state index in [0.29, 0.717) is 31.5 Å². The summed E-state index contributed by atoms with van der Waals surface area (Å²) in [5, 5.41) is 12.1. The van der Waals surface area contributed by atoms with E-state index in [2.05, 4.69) is 6.07 Å². The highest BCUT2D eigenvalue weighted by Gasteiger charge is 2.60. The minimum Gasteiger partial charge on any atom is -0.394 e. The zero-order valence-corrected chi connectivity index (χ0v) is 27.8. The Morgan fingerprint density at radius 3 is 2.46 bits per heavy atom. The molecule has 1 N–H and O–H groups in total. The highest BCUT2D eigenvalue weighted by molar-refractivity contribution is 6.27. The first-order valence-corrected chi connectivity index (χ1v) is 17.4. The first-order chi connectivity index (χ1) is 24.4. The van der Waals surface area contributed by atoms with Crippen molar-refractivity contribution in [1.82, 2.24) is 4.90 Å². The van der Waals surface area contributed by atoms with Crippen LogP contribution in [0, 0.1) is 5.92 Å². The predicted molar refractivity (Wildman–Crippen MR) is 191 cm³/mol. The van der Waals surface area contributed by atoms with Gasteiger partial charge in [-0.05, 0) is 65.3 Å². The molecule has 5 aromatic rings. The van der Waals surface area contributed by atoms with E-state index in [9.17, 15) is 19.5 Å². The topological polar surface area (TPSA) is 90.4 Å². The van der Waals surface area contributed by atoms with Gasteiger partial charge in [0.2, 0.25) is 5.91 Å². The van der Waals surface area contributed by atoms with Gasteiger partial charge in [0.25, 0.3) is 11.8 Å². The molecule has 0 bridgehead atoms. The van der Waals surface area contributed by atoms with Crippen LogP contribution in [0.4, 0.5) is 17.1 Å². The Hall–Kier alpha value is -5.31. The molecule has 9 rings (SSSR count). The summed E-state index contributed by atoms with van der Waals surface area (Å²) in [7, 11) is 0. The van der Waals surface area contributed by atoms with E-state index in [1.807, 2.05) is 110 Å². The zero-order chi connectivity index (χ0) is 34.1. The number of carbonyl (C=O) groups excluding carboxylic acids is 3. The lowest BCUT2D eigenvalue weighted by Crippen LogP contribution is -2.47. The summed E-state index contributed by atoms with van der Waals surface area (Å²) in [5.74, 6) is -0.443. The third-order valence-electron chi connectivity index (χ3n) is 11.2. The lowest BCUT2D eigenvalue weighted by Gasteiger charge is -2.36. The first-order valence-electron chi connectivity index (χ1n) is 17.4. The molecule has 50 heavy (non-hydrogen) atoms. The largest absolute Gasteiger partial charge is 0.394 e. The third-order valence-corrected chi connectivity index (χ3v) is 11.2. The number of benzene rings is 5. The molecule has 0 saturated carbocycles. The molecule has 0 unspecified atom stereocenters. The minimum atomic E-state index is -1.20. The van der Waals surface area contributed by atoms with Crippen molar-refractivity contribution in [1.29, 1.82) is 0 Å². The maximum absolute atomic E-state index is 14.6. The Kier molecular flexibility index (Phi) is 7.16. The maximum Gasteiger partial charge on any atom is 0.264 e. The van der Waals surface area contributed by atoms with Crippen molar-refractivity contribution in [3.05, 3.63) is 137 Å². The molecule has 0 radical (unpaired) electrons. The Labute approximate surface area is 290 Å². The molecular weight excluding hydrogens is 626 g/mol. The molecule has 0 aromatic heterocycles. The molecule has 8 nitrogen and oxygen atoms in total. The van der Waals surface area contributed by atoms with Gasteiger partial charge in [0.05, 0.1) is 48.7 Å². The SMILES string of the molecule is C[C@@H]1C[C@H](CC(=O)N2Cc3ccccc3C[C@H]2CO)O[C@@]12C(=O)N(Cc1cccc(N3C(=O)c4cccc5cccc3c45)c1)c1ccccc12. The van der Waals surface area contributed by atoms with Crippen LogP contribution in [-0.4, -0.2) is 46.5 Å². The average molecular weight is 664 g/mol. The van der Waals surface area contributed by atoms with Crippen molar-refractivity contribution >= 4 is 45.6 Å². The monoisotopic (exact) mass is 663 g/mol. The van der Waals surface area contributed by atoms with Crippen molar-refractivity contribution in [2.75, 3.05) is 16.4 Å². The van der Waals surface area contributed by atoms with Gasteiger partial charge >= 0.3 is 0 Å². The van der Waals surface area contributed by atoms with Crippen molar-refractivity contribution in [2.24, 2.45) is 5.92 Å². The Morgan fingerprint density at radius 1 is 0.880 bits per heavy atom. The number of hydrogen-bond acceptors (Lipinski definition) is 5. The van der Waals surface area contributed by atoms with Gasteiger partial charge in [-0.1, -0.05) is 85.8 Å². The highest BCUT2D eigenvalue weighted by Crippen LogP contribution is 2.54. The molecule has 250 valence electrons. The van der Waals surface area contributed by atoms with Gasteiger partial charge in [-0.3, -0.25) is 19.3 Å². The number of aliphatic hydroxyl groups excluding tert-OH is 1. The average Bonchev–Trinajstić information content (AvgIpc) is 3.71. The molecule has 1 spiro atoms. The van der Waals surface area contributed by atoms with Gasteiger partial charge in [-0.25, -0.2) is 0 Å². The molecule has 1 saturated heterocycles. The molecule has 5 aromatic carbocycles. The summed E-state index contributed by atoms with van der Waals surface area (Å²) < 4.78 is 6.76. The molecule has 4 aliphatic heterocycles. The van der Waals surface area contributed by atoms with E-state index in [1.54, 1.807) is 14.7 Å². The molecular formula is C42H37N3O5. The van der Waals surface area contributed by atoms with E-state index in [0.717, 1.165) is 50.1 Å². The number of para-hydroxylation sites is 1. The maximum atomic E-state index is 14.6. The van der Waals surface area contributed by atoms with E-state index in [1.165, 1.54) is 0 Å². The molecule has 8 heteroatoms. The van der Waals surface area contributed by atoms with Crippen LogP contribution in [-0.2, 0) is 39.4 Å². The zero-order valence-electron chi connectivity index (χ0n) is 27.8. The summed E-state index contributed by atoms with van der Waals surface area (Å²) in [6, 6.07) is 35.1. The van der Waals surface area contributed by atoms with E-state index < -0.39 is 11.7 Å². The van der Waals surface area contributed by atoms with Gasteiger partial charge in [-0.2, -0.15) is 0 Å². The fourth-order valence-electron chi connectivity index (χ4n) is 8.81. The second-order valence-corrected chi connectivity index (χ2v) is 14.0. The van der Waals surface area contributed by atoms with E-state index >= 15 is 0 Å². The van der Waals surface area contributed by atoms with E-state index in [4.69, 9.17) is 4.74 Å². The van der Waals surface area contributed by atoms with Crippen LogP contribution in [0.3, 0.4) is 0 Å². The van der Waals surface area contributed by atoms with Gasteiger partial charge in [-0.15, -0.1) is 0 Å². The fourth-order valence-corrected chi connectivity index (χ4v) is 8.81. The lowest BCUT2D eigenvalue weighted by atomic mass is 9.83. The third kappa shape index (κ3) is 4.55. The molecule has 4 heterocycles. The summed E-state index contributed by atoms with van der Waals surface area (Å²) in [6.07, 6.45) is 0.870. The number of aliphatic hydroxyl groups is 1. The standard InChI is InChI=1S/C42H37N3O5/c1-26-19-33(22-38(47)43-24-30-11-3-2-10-29(30)21-32(43)25-46)50-42(26)35-16-4-5-17-36(35)44(41(42)49)23-27-9-6-14-31(20-27)45-37-18-8-13-28-12-7-15-34(39(28)37)40(45)48/h2-18,20,26,32-33,46H,19,21-25H2,1H3/t26-,32+,33-,42+/m1/s1. The smallest absolute Gasteiger partial charge is 0.264 e. The second kappa shape index (κ2) is 11.6. The Balaban J connectivity index is 0.975. The van der Waals surface area contributed by atoms with Gasteiger partial charge in [0.1, 0.15) is 0 Å². The normalized spacial score (nSPS) is 23.6. The minimum absolute atomic E-state index is 0.0664. The number of anilines is 3. The molecule has 1 fully saturated rings. The molecule has 0 aliphatic carbocycles. The predicted octanol–water partition coefficient (Wildman–Crippen LogP) is 6.63. The van der Waals surface area contributed by atoms with Crippen LogP contribution >= 0.6 is 0 Å². The van der Waals surface area contributed by atoms with Gasteiger partial charge in [0.15, 0.2) is 5.60 Å². The van der Waals surface area contributed by atoms with Gasteiger partial charge in [0, 0.05) is 29.1 Å². The number of amides is 3. The number of ether oxygens (including phenoxy) is 1. The number of rotatable bonds is 6.